The van der Waals surface area contributed by atoms with Gasteiger partial charge >= 0.3 is 0 Å². The van der Waals surface area contributed by atoms with Gasteiger partial charge in [0.2, 0.25) is 0 Å². The fourth-order valence-corrected chi connectivity index (χ4v) is 2.45. The monoisotopic (exact) mass is 148 g/mol. The van der Waals surface area contributed by atoms with Crippen molar-refractivity contribution in [3.05, 3.63) is 0 Å². The lowest BCUT2D eigenvalue weighted by atomic mass is 10.6. The van der Waals surface area contributed by atoms with Crippen LogP contribution in [0.1, 0.15) is 0 Å². The van der Waals surface area contributed by atoms with Crippen molar-refractivity contribution in [1.82, 2.24) is 0 Å². The molecule has 2 atom stereocenters. The van der Waals surface area contributed by atoms with E-state index in [1.807, 2.05) is 0 Å². The second-order valence-electron chi connectivity index (χ2n) is 2.24. The van der Waals surface area contributed by atoms with Crippen LogP contribution in [0.15, 0.2) is 0 Å². The van der Waals surface area contributed by atoms with E-state index < -0.39 is 9.04 Å². The predicted molar refractivity (Wildman–Crippen MR) is 38.6 cm³/mol. The molecule has 2 nitrogen and oxygen atoms in total. The summed E-state index contributed by atoms with van der Waals surface area (Å²) in [5.41, 5.74) is 0. The highest BCUT2D eigenvalue weighted by Gasteiger charge is 2.24. The zero-order chi connectivity index (χ0) is 5.98. The molecule has 0 aromatic rings. The average Bonchev–Trinajstić information content (AvgIpc) is 2.50. The van der Waals surface area contributed by atoms with Gasteiger partial charge in [-0.1, -0.05) is 0 Å². The van der Waals surface area contributed by atoms with Crippen molar-refractivity contribution in [2.75, 3.05) is 6.61 Å². The second kappa shape index (κ2) is 2.77. The van der Waals surface area contributed by atoms with Crippen LogP contribution in [0.5, 0.6) is 0 Å². The average molecular weight is 148 g/mol. The highest BCUT2D eigenvalue weighted by molar-refractivity contribution is 6.54. The molecule has 8 heavy (non-hydrogen) atoms. The number of hydrogen-bond acceptors (Lipinski definition) is 2. The Hall–Kier alpha value is 0.354. The minimum absolute atomic E-state index is 0.589. The molecule has 0 N–H and O–H groups in total. The van der Waals surface area contributed by atoms with E-state index in [0.717, 1.165) is 17.1 Å². The fourth-order valence-electron chi connectivity index (χ4n) is 0.671. The van der Waals surface area contributed by atoms with Crippen LogP contribution in [0.2, 0.25) is 12.6 Å². The smallest absolute Gasteiger partial charge is 0.161 e. The molecule has 0 bridgehead atoms. The maximum atomic E-state index is 5.30. The van der Waals surface area contributed by atoms with Crippen LogP contribution >= 0.6 is 0 Å². The van der Waals surface area contributed by atoms with E-state index in [4.69, 9.17) is 8.85 Å². The number of hydrogen-bond donors (Lipinski definition) is 0. The molecular formula is C4H12O2Si2. The largest absolute Gasteiger partial charge is 0.466 e. The van der Waals surface area contributed by atoms with E-state index in [1.54, 1.807) is 0 Å². The van der Waals surface area contributed by atoms with Crippen molar-refractivity contribution in [3.8, 4) is 0 Å². The van der Waals surface area contributed by atoms with E-state index in [9.17, 15) is 0 Å². The van der Waals surface area contributed by atoms with E-state index in [0.29, 0.717) is 6.10 Å². The third-order valence-electron chi connectivity index (χ3n) is 1.40. The fraction of sp³-hybridized carbons (Fsp3) is 1.00. The summed E-state index contributed by atoms with van der Waals surface area (Å²) in [6.45, 7) is 3.22. The lowest BCUT2D eigenvalue weighted by Crippen LogP contribution is -2.13. The Morgan fingerprint density at radius 1 is 2.00 bits per heavy atom. The molecule has 1 rings (SSSR count). The van der Waals surface area contributed by atoms with Crippen molar-refractivity contribution in [3.63, 3.8) is 0 Å². The van der Waals surface area contributed by atoms with Crippen LogP contribution in [0.4, 0.5) is 0 Å². The first-order valence-electron chi connectivity index (χ1n) is 2.97. The molecule has 1 saturated heterocycles. The summed E-state index contributed by atoms with van der Waals surface area (Å²) in [6, 6.07) is 1.23. The first-order valence-corrected chi connectivity index (χ1v) is 6.23. The molecule has 0 aromatic heterocycles. The topological polar surface area (TPSA) is 21.8 Å². The third-order valence-corrected chi connectivity index (χ3v) is 5.81. The minimum Gasteiger partial charge on any atom is -0.466 e. The van der Waals surface area contributed by atoms with E-state index in [2.05, 4.69) is 6.55 Å². The van der Waals surface area contributed by atoms with Gasteiger partial charge in [-0.15, -0.1) is 0 Å². The second-order valence-corrected chi connectivity index (χ2v) is 6.22. The van der Waals surface area contributed by atoms with Crippen LogP contribution in [0.3, 0.4) is 0 Å². The van der Waals surface area contributed by atoms with Crippen molar-refractivity contribution >= 4 is 19.5 Å². The summed E-state index contributed by atoms with van der Waals surface area (Å²) in [6.07, 6.45) is 0.589. The Kier molecular flexibility index (Phi) is 2.24. The molecule has 1 heterocycles. The minimum atomic E-state index is -0.740. The standard InChI is InChI=1S/C4H12O2Si2/c1-8(6-7)3-4-2-5-4/h4,8H,2-3H2,1,7H3. The molecule has 1 aliphatic rings. The van der Waals surface area contributed by atoms with Gasteiger partial charge in [0.15, 0.2) is 9.04 Å². The van der Waals surface area contributed by atoms with Crippen LogP contribution < -0.4 is 0 Å². The molecule has 4 heteroatoms. The normalized spacial score (nSPS) is 30.4. The Morgan fingerprint density at radius 3 is 3.00 bits per heavy atom. The zero-order valence-electron chi connectivity index (χ0n) is 5.39. The van der Waals surface area contributed by atoms with E-state index >= 15 is 0 Å². The zero-order valence-corrected chi connectivity index (χ0v) is 8.54. The lowest BCUT2D eigenvalue weighted by molar-refractivity contribution is 0.418. The molecule has 0 radical (unpaired) electrons. The van der Waals surface area contributed by atoms with E-state index in [-0.39, 0.29) is 0 Å². The summed E-state index contributed by atoms with van der Waals surface area (Å²) in [4.78, 5) is 0. The van der Waals surface area contributed by atoms with Crippen molar-refractivity contribution in [2.45, 2.75) is 18.7 Å². The molecule has 1 fully saturated rings. The van der Waals surface area contributed by atoms with Crippen LogP contribution in [-0.4, -0.2) is 32.2 Å². The van der Waals surface area contributed by atoms with Crippen molar-refractivity contribution in [2.24, 2.45) is 0 Å². The molecule has 0 amide bonds. The number of ether oxygens (including phenoxy) is 1. The summed E-state index contributed by atoms with van der Waals surface area (Å²) in [5, 5.41) is 0. The Morgan fingerprint density at radius 2 is 2.62 bits per heavy atom. The van der Waals surface area contributed by atoms with Gasteiger partial charge in [0.25, 0.3) is 0 Å². The van der Waals surface area contributed by atoms with Gasteiger partial charge in [0.1, 0.15) is 10.5 Å². The third kappa shape index (κ3) is 2.08. The summed E-state index contributed by atoms with van der Waals surface area (Å²) in [7, 11) is 0.172. The first kappa shape index (κ1) is 6.47. The van der Waals surface area contributed by atoms with Crippen molar-refractivity contribution in [1.29, 1.82) is 0 Å². The van der Waals surface area contributed by atoms with Gasteiger partial charge < -0.3 is 8.85 Å². The number of rotatable bonds is 3. The lowest BCUT2D eigenvalue weighted by Gasteiger charge is -2.02. The molecule has 1 aliphatic heterocycles. The Labute approximate surface area is 54.5 Å². The van der Waals surface area contributed by atoms with Crippen LogP contribution in [0, 0.1) is 0 Å². The van der Waals surface area contributed by atoms with Gasteiger partial charge in [0.05, 0.1) is 12.7 Å². The Balaban J connectivity index is 1.98. The molecule has 2 unspecified atom stereocenters. The molecule has 0 aromatic carbocycles. The molecule has 0 aliphatic carbocycles. The Bertz CT molecular complexity index is 74.4. The van der Waals surface area contributed by atoms with Gasteiger partial charge in [0, 0.05) is 0 Å². The van der Waals surface area contributed by atoms with Crippen molar-refractivity contribution < 1.29 is 8.85 Å². The maximum absolute atomic E-state index is 5.30. The van der Waals surface area contributed by atoms with Gasteiger partial charge in [-0.3, -0.25) is 0 Å². The SMILES string of the molecule is C[SiH](CC1CO1)O[SiH3]. The summed E-state index contributed by atoms with van der Waals surface area (Å²) >= 11 is 0. The highest BCUT2D eigenvalue weighted by Crippen LogP contribution is 2.15. The highest BCUT2D eigenvalue weighted by atomic mass is 28.3. The van der Waals surface area contributed by atoms with Crippen LogP contribution in [-0.2, 0) is 8.85 Å². The summed E-state index contributed by atoms with van der Waals surface area (Å²) < 4.78 is 10.3. The van der Waals surface area contributed by atoms with Crippen LogP contribution in [0.25, 0.3) is 0 Å². The molecular weight excluding hydrogens is 136 g/mol. The maximum Gasteiger partial charge on any atom is 0.161 e. The van der Waals surface area contributed by atoms with Gasteiger partial charge in [-0.25, -0.2) is 0 Å². The van der Waals surface area contributed by atoms with E-state index in [1.165, 1.54) is 6.04 Å². The number of epoxide rings is 1. The first-order chi connectivity index (χ1) is 3.83. The predicted octanol–water partition coefficient (Wildman–Crippen LogP) is -0.964. The molecule has 0 saturated carbocycles. The quantitative estimate of drug-likeness (QED) is 0.380. The van der Waals surface area contributed by atoms with Gasteiger partial charge in [-0.05, 0) is 12.6 Å². The van der Waals surface area contributed by atoms with Gasteiger partial charge in [-0.2, -0.15) is 0 Å². The molecule has 0 spiro atoms. The summed E-state index contributed by atoms with van der Waals surface area (Å²) in [5.74, 6) is 0. The molecule has 48 valence electrons.